The van der Waals surface area contributed by atoms with Crippen LogP contribution in [0.25, 0.3) is 0 Å². The molecule has 27 heavy (non-hydrogen) atoms. The molecule has 0 radical (unpaired) electrons. The molecular formula is C17H21N3O5S2. The van der Waals surface area contributed by atoms with Crippen molar-refractivity contribution in [1.29, 1.82) is 0 Å². The summed E-state index contributed by atoms with van der Waals surface area (Å²) in [5, 5.41) is 7.72. The molecule has 0 atom stereocenters. The van der Waals surface area contributed by atoms with Crippen molar-refractivity contribution < 1.29 is 21.6 Å². The molecule has 0 aliphatic rings. The lowest BCUT2D eigenvalue weighted by atomic mass is 10.2. The second-order valence-electron chi connectivity index (χ2n) is 6.28. The van der Waals surface area contributed by atoms with Crippen LogP contribution >= 0.6 is 0 Å². The van der Waals surface area contributed by atoms with Gasteiger partial charge in [-0.1, -0.05) is 6.07 Å². The molecule has 146 valence electrons. The Morgan fingerprint density at radius 2 is 1.59 bits per heavy atom. The quantitative estimate of drug-likeness (QED) is 0.663. The maximum Gasteiger partial charge on any atom is 0.255 e. The Balaban J connectivity index is 2.23. The smallest absolute Gasteiger partial charge is 0.255 e. The van der Waals surface area contributed by atoms with E-state index in [1.54, 1.807) is 26.8 Å². The number of hydrogen-bond acceptors (Lipinski definition) is 5. The molecule has 2 aromatic carbocycles. The topological polar surface area (TPSA) is 135 Å². The van der Waals surface area contributed by atoms with E-state index >= 15 is 0 Å². The van der Waals surface area contributed by atoms with E-state index in [-0.39, 0.29) is 27.1 Å². The van der Waals surface area contributed by atoms with Gasteiger partial charge in [-0.2, -0.15) is 0 Å². The minimum absolute atomic E-state index is 0.0413. The number of nitrogens with two attached hydrogens (primary N) is 1. The first-order valence-corrected chi connectivity index (χ1v) is 11.0. The van der Waals surface area contributed by atoms with Gasteiger partial charge in [0.25, 0.3) is 5.91 Å². The van der Waals surface area contributed by atoms with Crippen molar-refractivity contribution in [3.63, 3.8) is 0 Å². The zero-order chi connectivity index (χ0) is 20.4. The summed E-state index contributed by atoms with van der Waals surface area (Å²) in [6, 6.07) is 9.49. The maximum absolute atomic E-state index is 12.3. The molecule has 0 fully saturated rings. The summed E-state index contributed by atoms with van der Waals surface area (Å²) in [6.45, 7) is 5.00. The molecule has 0 saturated carbocycles. The first-order valence-electron chi connectivity index (χ1n) is 7.97. The second-order valence-corrected chi connectivity index (χ2v) is 9.52. The molecule has 0 unspecified atom stereocenters. The van der Waals surface area contributed by atoms with Crippen LogP contribution in [0.2, 0.25) is 0 Å². The van der Waals surface area contributed by atoms with E-state index in [0.717, 1.165) is 0 Å². The fourth-order valence-electron chi connectivity index (χ4n) is 2.35. The Labute approximate surface area is 158 Å². The van der Waals surface area contributed by atoms with Crippen LogP contribution in [-0.2, 0) is 20.0 Å². The van der Waals surface area contributed by atoms with Crippen LogP contribution in [0, 0.1) is 6.92 Å². The van der Waals surface area contributed by atoms with Crippen molar-refractivity contribution in [1.82, 2.24) is 4.72 Å². The number of amides is 1. The summed E-state index contributed by atoms with van der Waals surface area (Å²) in [5.41, 5.74) is 0.937. The average Bonchev–Trinajstić information content (AvgIpc) is 2.54. The summed E-state index contributed by atoms with van der Waals surface area (Å²) >= 11 is 0. The molecule has 2 aromatic rings. The molecule has 2 rings (SSSR count). The Bertz CT molecular complexity index is 1060. The van der Waals surface area contributed by atoms with Gasteiger partial charge in [-0.25, -0.2) is 26.7 Å². The normalized spacial score (nSPS) is 12.2. The molecule has 0 bridgehead atoms. The van der Waals surface area contributed by atoms with Gasteiger partial charge >= 0.3 is 0 Å². The first kappa shape index (κ1) is 21.0. The molecule has 8 nitrogen and oxygen atoms in total. The van der Waals surface area contributed by atoms with Crippen molar-refractivity contribution in [2.75, 3.05) is 5.32 Å². The summed E-state index contributed by atoms with van der Waals surface area (Å²) < 4.78 is 49.8. The van der Waals surface area contributed by atoms with E-state index in [9.17, 15) is 21.6 Å². The van der Waals surface area contributed by atoms with Gasteiger partial charge in [0.15, 0.2) is 0 Å². The predicted octanol–water partition coefficient (Wildman–Crippen LogP) is 1.58. The Hall–Kier alpha value is -2.27. The lowest BCUT2D eigenvalue weighted by Crippen LogP contribution is -2.30. The number of aryl methyl sites for hydroxylation is 1. The Morgan fingerprint density at radius 3 is 2.11 bits per heavy atom. The highest BCUT2D eigenvalue weighted by Gasteiger charge is 2.17. The van der Waals surface area contributed by atoms with Crippen LogP contribution < -0.4 is 15.2 Å². The third-order valence-electron chi connectivity index (χ3n) is 3.57. The van der Waals surface area contributed by atoms with Gasteiger partial charge in [-0.3, -0.25) is 4.79 Å². The second kappa shape index (κ2) is 7.77. The number of sulfonamides is 2. The van der Waals surface area contributed by atoms with E-state index in [1.165, 1.54) is 36.4 Å². The molecule has 0 aromatic heterocycles. The van der Waals surface area contributed by atoms with Crippen molar-refractivity contribution in [3.8, 4) is 0 Å². The third kappa shape index (κ3) is 5.36. The molecular weight excluding hydrogens is 390 g/mol. The number of carbonyl (C=O) groups is 1. The molecule has 0 aliphatic heterocycles. The molecule has 4 N–H and O–H groups in total. The average molecular weight is 412 g/mol. The molecule has 0 heterocycles. The number of benzene rings is 2. The monoisotopic (exact) mass is 411 g/mol. The van der Waals surface area contributed by atoms with E-state index in [1.807, 2.05) is 0 Å². The first-order chi connectivity index (χ1) is 12.4. The van der Waals surface area contributed by atoms with E-state index < -0.39 is 26.0 Å². The standard InChI is InChI=1S/C17H21N3O5S2/c1-11(2)20-27(24,25)15-8-5-13(6-9-15)17(21)19-14-7-4-12(3)16(10-14)26(18,22)23/h4-11,20H,1-3H3,(H,19,21)(H2,18,22,23). The van der Waals surface area contributed by atoms with Gasteiger partial charge in [0.1, 0.15) is 0 Å². The summed E-state index contributed by atoms with van der Waals surface area (Å²) in [5.74, 6) is -0.514. The third-order valence-corrected chi connectivity index (χ3v) is 6.30. The van der Waals surface area contributed by atoms with Crippen LogP contribution in [0.4, 0.5) is 5.69 Å². The Kier molecular flexibility index (Phi) is 6.05. The number of hydrogen-bond donors (Lipinski definition) is 3. The highest BCUT2D eigenvalue weighted by Crippen LogP contribution is 2.20. The number of primary sulfonamides is 1. The van der Waals surface area contributed by atoms with Crippen molar-refractivity contribution in [2.45, 2.75) is 36.6 Å². The van der Waals surface area contributed by atoms with Gasteiger partial charge in [-0.05, 0) is 62.7 Å². The van der Waals surface area contributed by atoms with Crippen LogP contribution in [0.3, 0.4) is 0 Å². The zero-order valence-electron chi connectivity index (χ0n) is 15.1. The number of anilines is 1. The number of rotatable bonds is 6. The SMILES string of the molecule is Cc1ccc(NC(=O)c2ccc(S(=O)(=O)NC(C)C)cc2)cc1S(N)(=O)=O. The largest absolute Gasteiger partial charge is 0.322 e. The minimum atomic E-state index is -3.91. The van der Waals surface area contributed by atoms with Crippen molar-refractivity contribution in [3.05, 3.63) is 53.6 Å². The summed E-state index contributed by atoms with van der Waals surface area (Å²) in [4.78, 5) is 12.3. The van der Waals surface area contributed by atoms with Gasteiger partial charge < -0.3 is 5.32 Å². The fraction of sp³-hybridized carbons (Fsp3) is 0.235. The van der Waals surface area contributed by atoms with E-state index in [2.05, 4.69) is 10.0 Å². The number of nitrogens with one attached hydrogen (secondary N) is 2. The van der Waals surface area contributed by atoms with Crippen molar-refractivity contribution >= 4 is 31.6 Å². The van der Waals surface area contributed by atoms with Gasteiger partial charge in [0.05, 0.1) is 9.79 Å². The van der Waals surface area contributed by atoms with E-state index in [4.69, 9.17) is 5.14 Å². The van der Waals surface area contributed by atoms with E-state index in [0.29, 0.717) is 5.56 Å². The van der Waals surface area contributed by atoms with Crippen LogP contribution in [0.1, 0.15) is 29.8 Å². The summed E-state index contributed by atoms with van der Waals surface area (Å²) in [6.07, 6.45) is 0. The number of carbonyl (C=O) groups excluding carboxylic acids is 1. The lowest BCUT2D eigenvalue weighted by molar-refractivity contribution is 0.102. The highest BCUT2D eigenvalue weighted by molar-refractivity contribution is 7.89. The van der Waals surface area contributed by atoms with Crippen molar-refractivity contribution in [2.24, 2.45) is 5.14 Å². The zero-order valence-corrected chi connectivity index (χ0v) is 16.7. The highest BCUT2D eigenvalue weighted by atomic mass is 32.2. The molecule has 10 heteroatoms. The van der Waals surface area contributed by atoms with Gasteiger partial charge in [0.2, 0.25) is 20.0 Å². The minimum Gasteiger partial charge on any atom is -0.322 e. The summed E-state index contributed by atoms with van der Waals surface area (Å²) in [7, 11) is -7.56. The van der Waals surface area contributed by atoms with Crippen LogP contribution in [-0.4, -0.2) is 28.8 Å². The molecule has 0 aliphatic carbocycles. The molecule has 1 amide bonds. The van der Waals surface area contributed by atoms with Crippen LogP contribution in [0.5, 0.6) is 0 Å². The maximum atomic E-state index is 12.3. The van der Waals surface area contributed by atoms with Crippen LogP contribution in [0.15, 0.2) is 52.3 Å². The fourth-order valence-corrected chi connectivity index (χ4v) is 4.41. The molecule has 0 spiro atoms. The Morgan fingerprint density at radius 1 is 1.00 bits per heavy atom. The lowest BCUT2D eigenvalue weighted by Gasteiger charge is -2.11. The molecule has 0 saturated heterocycles. The van der Waals surface area contributed by atoms with Gasteiger partial charge in [0, 0.05) is 17.3 Å². The van der Waals surface area contributed by atoms with Gasteiger partial charge in [-0.15, -0.1) is 0 Å². The predicted molar refractivity (Wildman–Crippen MR) is 102 cm³/mol.